The number of aliphatic carboxylic acids is 2. The van der Waals surface area contributed by atoms with E-state index in [9.17, 15) is 9.59 Å². The van der Waals surface area contributed by atoms with E-state index in [0.717, 1.165) is 0 Å². The van der Waals surface area contributed by atoms with Crippen LogP contribution in [0.1, 0.15) is 12.8 Å². The van der Waals surface area contributed by atoms with Crippen LogP contribution in [0.5, 0.6) is 0 Å². The van der Waals surface area contributed by atoms with E-state index in [1.807, 2.05) is 0 Å². The molecule has 1 atom stereocenters. The maximum atomic E-state index is 10.2. The molecule has 66 valence electrons. The molecule has 0 saturated carbocycles. The summed E-state index contributed by atoms with van der Waals surface area (Å²) in [6, 6.07) is -1.29. The smallest absolute Gasteiger partial charge is 0.312 e. The second-order valence-corrected chi connectivity index (χ2v) is 1.99. The maximum Gasteiger partial charge on any atom is 0.312 e. The van der Waals surface area contributed by atoms with E-state index >= 15 is 0 Å². The first-order valence-electron chi connectivity index (χ1n) is 3.06. The summed E-state index contributed by atoms with van der Waals surface area (Å²) in [5, 5.41) is 19.5. The zero-order valence-corrected chi connectivity index (χ0v) is 6.04. The van der Waals surface area contributed by atoms with Crippen LogP contribution < -0.4 is 0 Å². The summed E-state index contributed by atoms with van der Waals surface area (Å²) in [4.78, 5) is 22.5. The minimum atomic E-state index is -1.31. The van der Waals surface area contributed by atoms with E-state index in [4.69, 9.17) is 15.7 Å². The van der Waals surface area contributed by atoms with Crippen molar-refractivity contribution in [2.45, 2.75) is 18.9 Å². The largest absolute Gasteiger partial charge is 0.481 e. The van der Waals surface area contributed by atoms with E-state index < -0.39 is 18.0 Å². The van der Waals surface area contributed by atoms with Gasteiger partial charge in [-0.25, -0.2) is 0 Å². The van der Waals surface area contributed by atoms with Crippen LogP contribution in [0.25, 0.3) is 10.4 Å². The molecule has 0 amide bonds. The van der Waals surface area contributed by atoms with Gasteiger partial charge < -0.3 is 10.2 Å². The lowest BCUT2D eigenvalue weighted by molar-refractivity contribution is -0.139. The van der Waals surface area contributed by atoms with E-state index in [1.54, 1.807) is 0 Å². The minimum Gasteiger partial charge on any atom is -0.481 e. The zero-order valence-electron chi connectivity index (χ0n) is 6.04. The molecular formula is C5H7N3O4. The molecule has 0 bridgehead atoms. The van der Waals surface area contributed by atoms with E-state index in [1.165, 1.54) is 0 Å². The molecule has 12 heavy (non-hydrogen) atoms. The average Bonchev–Trinajstić information content (AvgIpc) is 1.96. The highest BCUT2D eigenvalue weighted by Gasteiger charge is 2.16. The lowest BCUT2D eigenvalue weighted by Gasteiger charge is -2.01. The molecule has 0 fully saturated rings. The van der Waals surface area contributed by atoms with Crippen molar-refractivity contribution in [1.29, 1.82) is 0 Å². The van der Waals surface area contributed by atoms with Crippen molar-refractivity contribution in [2.24, 2.45) is 5.11 Å². The Morgan fingerprint density at radius 3 is 2.42 bits per heavy atom. The lowest BCUT2D eigenvalue weighted by atomic mass is 10.2. The third kappa shape index (κ3) is 4.13. The van der Waals surface area contributed by atoms with Gasteiger partial charge in [0.2, 0.25) is 0 Å². The summed E-state index contributed by atoms with van der Waals surface area (Å²) in [5.74, 6) is -2.43. The summed E-state index contributed by atoms with van der Waals surface area (Å²) in [6.45, 7) is 0. The molecule has 0 aromatic carbocycles. The van der Waals surface area contributed by atoms with Crippen molar-refractivity contribution < 1.29 is 19.8 Å². The van der Waals surface area contributed by atoms with Crippen molar-refractivity contribution >= 4 is 11.9 Å². The molecule has 0 saturated heterocycles. The number of hydrogen-bond acceptors (Lipinski definition) is 3. The summed E-state index contributed by atoms with van der Waals surface area (Å²) in [5.41, 5.74) is 7.90. The van der Waals surface area contributed by atoms with Gasteiger partial charge in [0.25, 0.3) is 0 Å². The topological polar surface area (TPSA) is 123 Å². The molecule has 0 aliphatic rings. The first-order valence-corrected chi connectivity index (χ1v) is 3.06. The zero-order chi connectivity index (χ0) is 9.56. The third-order valence-electron chi connectivity index (χ3n) is 1.11. The Morgan fingerprint density at radius 1 is 1.50 bits per heavy atom. The standard InChI is InChI=1S/C5H7N3O4/c6-8-7-3(5(11)12)1-2-4(9)10/h3H,1-2H2,(H,9,10)(H,11,12). The fourth-order valence-corrected chi connectivity index (χ4v) is 0.553. The number of carboxylic acid groups (broad SMARTS) is 2. The van der Waals surface area contributed by atoms with Crippen molar-refractivity contribution in [3.05, 3.63) is 10.4 Å². The summed E-state index contributed by atoms with van der Waals surface area (Å²) in [7, 11) is 0. The number of rotatable bonds is 5. The van der Waals surface area contributed by atoms with Crippen molar-refractivity contribution in [1.82, 2.24) is 0 Å². The van der Waals surface area contributed by atoms with Gasteiger partial charge in [0.05, 0.1) is 0 Å². The Balaban J connectivity index is 4.05. The fraction of sp³-hybridized carbons (Fsp3) is 0.600. The van der Waals surface area contributed by atoms with Crippen LogP contribution in [-0.4, -0.2) is 28.2 Å². The molecular weight excluding hydrogens is 166 g/mol. The molecule has 0 radical (unpaired) electrons. The van der Waals surface area contributed by atoms with Crippen LogP contribution >= 0.6 is 0 Å². The Bertz CT molecular complexity index is 231. The molecule has 0 rings (SSSR count). The predicted octanol–water partition coefficient (Wildman–Crippen LogP) is 0.615. The normalized spacial score (nSPS) is 11.3. The van der Waals surface area contributed by atoms with E-state index in [2.05, 4.69) is 10.0 Å². The molecule has 2 N–H and O–H groups in total. The molecule has 0 aliphatic heterocycles. The van der Waals surface area contributed by atoms with Gasteiger partial charge in [0.15, 0.2) is 0 Å². The number of nitrogens with zero attached hydrogens (tertiary/aromatic N) is 3. The molecule has 0 aromatic rings. The summed E-state index contributed by atoms with van der Waals surface area (Å²) >= 11 is 0. The highest BCUT2D eigenvalue weighted by Crippen LogP contribution is 2.02. The second kappa shape index (κ2) is 4.97. The van der Waals surface area contributed by atoms with Gasteiger partial charge in [0, 0.05) is 11.3 Å². The van der Waals surface area contributed by atoms with Crippen LogP contribution in [0.3, 0.4) is 0 Å². The first-order chi connectivity index (χ1) is 5.57. The van der Waals surface area contributed by atoms with Gasteiger partial charge in [-0.3, -0.25) is 9.59 Å². The number of carboxylic acids is 2. The Kier molecular flexibility index (Phi) is 4.25. The van der Waals surface area contributed by atoms with E-state index in [-0.39, 0.29) is 12.8 Å². The minimum absolute atomic E-state index is 0.186. The Labute approximate surface area is 67.2 Å². The number of carbonyl (C=O) groups is 2. The van der Waals surface area contributed by atoms with Crippen LogP contribution in [-0.2, 0) is 9.59 Å². The molecule has 1 unspecified atom stereocenters. The molecule has 0 aliphatic carbocycles. The fourth-order valence-electron chi connectivity index (χ4n) is 0.553. The Morgan fingerprint density at radius 2 is 2.08 bits per heavy atom. The molecule has 7 heteroatoms. The van der Waals surface area contributed by atoms with Crippen LogP contribution in [0.15, 0.2) is 5.11 Å². The first kappa shape index (κ1) is 10.2. The van der Waals surface area contributed by atoms with Crippen LogP contribution in [0.2, 0.25) is 0 Å². The molecule has 0 heterocycles. The summed E-state index contributed by atoms with van der Waals surface area (Å²) < 4.78 is 0. The molecule has 0 aromatic heterocycles. The van der Waals surface area contributed by atoms with Gasteiger partial charge in [-0.2, -0.15) is 0 Å². The summed E-state index contributed by atoms with van der Waals surface area (Å²) in [6.07, 6.45) is -0.509. The van der Waals surface area contributed by atoms with Gasteiger partial charge in [0.1, 0.15) is 6.04 Å². The maximum absolute atomic E-state index is 10.2. The van der Waals surface area contributed by atoms with E-state index in [0.29, 0.717) is 0 Å². The van der Waals surface area contributed by atoms with Gasteiger partial charge in [-0.1, -0.05) is 5.11 Å². The lowest BCUT2D eigenvalue weighted by Crippen LogP contribution is -2.18. The monoisotopic (exact) mass is 173 g/mol. The highest BCUT2D eigenvalue weighted by atomic mass is 16.4. The SMILES string of the molecule is [N-]=[N+]=NC(CCC(=O)O)C(=O)O. The second-order valence-electron chi connectivity index (χ2n) is 1.99. The quantitative estimate of drug-likeness (QED) is 0.359. The van der Waals surface area contributed by atoms with Gasteiger partial charge in [-0.05, 0) is 12.0 Å². The molecule has 0 spiro atoms. The van der Waals surface area contributed by atoms with Crippen molar-refractivity contribution in [3.63, 3.8) is 0 Å². The third-order valence-corrected chi connectivity index (χ3v) is 1.11. The Hall–Kier alpha value is -1.75. The average molecular weight is 173 g/mol. The number of hydrogen-bond donors (Lipinski definition) is 2. The number of azide groups is 1. The van der Waals surface area contributed by atoms with Crippen LogP contribution in [0.4, 0.5) is 0 Å². The van der Waals surface area contributed by atoms with Crippen molar-refractivity contribution in [2.75, 3.05) is 0 Å². The van der Waals surface area contributed by atoms with Gasteiger partial charge in [-0.15, -0.1) is 0 Å². The highest BCUT2D eigenvalue weighted by molar-refractivity contribution is 5.75. The van der Waals surface area contributed by atoms with Gasteiger partial charge >= 0.3 is 11.9 Å². The predicted molar refractivity (Wildman–Crippen MR) is 37.4 cm³/mol. The molecule has 7 nitrogen and oxygen atoms in total. The van der Waals surface area contributed by atoms with Crippen molar-refractivity contribution in [3.8, 4) is 0 Å². The van der Waals surface area contributed by atoms with Crippen LogP contribution in [0, 0.1) is 0 Å².